The molecule has 6 unspecified atom stereocenters. The number of aliphatic hydroxyl groups is 2. The molecule has 0 aliphatic carbocycles. The maximum atomic E-state index is 13.2. The van der Waals surface area contributed by atoms with Gasteiger partial charge in [-0.25, -0.2) is 4.79 Å². The Morgan fingerprint density at radius 2 is 0.802 bits per heavy atom. The molecule has 0 radical (unpaired) electrons. The fraction of sp³-hybridized carbons (Fsp3) is 0.710. The second-order valence-electron chi connectivity index (χ2n) is 21.7. The van der Waals surface area contributed by atoms with Gasteiger partial charge in [0.15, 0.2) is 24.6 Å². The number of aliphatic hydroxyl groups excluding tert-OH is 2. The van der Waals surface area contributed by atoms with E-state index < -0.39 is 67.3 Å². The first kappa shape index (κ1) is 74.7. The van der Waals surface area contributed by atoms with Crippen molar-refractivity contribution in [3.05, 3.63) is 97.2 Å². The van der Waals surface area contributed by atoms with Gasteiger partial charge in [-0.2, -0.15) is 0 Å². The molecule has 12 heteroatoms. The third-order valence-corrected chi connectivity index (χ3v) is 14.1. The van der Waals surface area contributed by atoms with Crippen molar-refractivity contribution in [2.75, 3.05) is 13.2 Å². The summed E-state index contributed by atoms with van der Waals surface area (Å²) in [6, 6.07) is 0. The van der Waals surface area contributed by atoms with Crippen molar-refractivity contribution in [1.29, 1.82) is 0 Å². The maximum Gasteiger partial charge on any atom is 0.335 e. The molecule has 12 nitrogen and oxygen atoms in total. The van der Waals surface area contributed by atoms with Crippen LogP contribution < -0.4 is 0 Å². The fourth-order valence-corrected chi connectivity index (χ4v) is 9.19. The number of carbonyl (C=O) groups excluding carboxylic acids is 3. The fourth-order valence-electron chi connectivity index (χ4n) is 9.19. The molecule has 0 saturated carbocycles. The van der Waals surface area contributed by atoms with Crippen LogP contribution in [0.2, 0.25) is 0 Å². The zero-order valence-corrected chi connectivity index (χ0v) is 51.0. The topological polar surface area (TPSA) is 175 Å². The van der Waals surface area contributed by atoms with Crippen LogP contribution in [0.5, 0.6) is 0 Å². The Labute approximate surface area is 492 Å². The van der Waals surface area contributed by atoms with E-state index in [0.717, 1.165) is 148 Å². The Hall–Kier alpha value is -4.36. The molecule has 0 aromatic rings. The SMILES string of the molecule is CC/C=C\C/C=C\C/C=C\C/C=C\CCCCCCCCC(=O)OC1C(OCC(COC(=O)CCCCCCCCCCC/C=C\C/C=C\CCCCC)OC(=O)CCCCCCC/C=C\C/C=C\CCC)OC(C(=O)O)C(O)C1O. The average molecular weight is 1140 g/mol. The Morgan fingerprint density at radius 1 is 0.420 bits per heavy atom. The minimum absolute atomic E-state index is 0.0385. The highest BCUT2D eigenvalue weighted by atomic mass is 16.7. The maximum absolute atomic E-state index is 13.2. The zero-order chi connectivity index (χ0) is 58.9. The number of rotatable bonds is 54. The van der Waals surface area contributed by atoms with E-state index in [1.807, 2.05) is 0 Å². The van der Waals surface area contributed by atoms with Crippen molar-refractivity contribution < 1.29 is 58.2 Å². The Balaban J connectivity index is 2.66. The molecule has 3 N–H and O–H groups in total. The molecule has 1 saturated heterocycles. The molecule has 81 heavy (non-hydrogen) atoms. The summed E-state index contributed by atoms with van der Waals surface area (Å²) < 4.78 is 28.5. The highest BCUT2D eigenvalue weighted by molar-refractivity contribution is 5.74. The van der Waals surface area contributed by atoms with Gasteiger partial charge in [0, 0.05) is 19.3 Å². The lowest BCUT2D eigenvalue weighted by Gasteiger charge is -2.40. The van der Waals surface area contributed by atoms with Crippen molar-refractivity contribution in [2.45, 2.75) is 302 Å². The molecule has 0 amide bonds. The van der Waals surface area contributed by atoms with Crippen LogP contribution in [0.1, 0.15) is 265 Å². The Morgan fingerprint density at radius 3 is 1.23 bits per heavy atom. The van der Waals surface area contributed by atoms with Crippen molar-refractivity contribution in [2.24, 2.45) is 0 Å². The van der Waals surface area contributed by atoms with Gasteiger partial charge in [-0.3, -0.25) is 14.4 Å². The summed E-state index contributed by atoms with van der Waals surface area (Å²) in [7, 11) is 0. The van der Waals surface area contributed by atoms with E-state index >= 15 is 0 Å². The third kappa shape index (κ3) is 45.8. The summed E-state index contributed by atoms with van der Waals surface area (Å²) in [6.45, 7) is 5.79. The zero-order valence-electron chi connectivity index (χ0n) is 51.0. The Kier molecular flexibility index (Phi) is 51.7. The van der Waals surface area contributed by atoms with Gasteiger partial charge in [-0.1, -0.05) is 227 Å². The number of hydrogen-bond acceptors (Lipinski definition) is 11. The van der Waals surface area contributed by atoms with E-state index in [1.54, 1.807) is 0 Å². The van der Waals surface area contributed by atoms with Crippen LogP contribution in [0, 0.1) is 0 Å². The van der Waals surface area contributed by atoms with Gasteiger partial charge >= 0.3 is 23.9 Å². The Bertz CT molecular complexity index is 1780. The molecule has 1 aliphatic heterocycles. The van der Waals surface area contributed by atoms with E-state index in [4.69, 9.17) is 23.7 Å². The minimum atomic E-state index is -1.92. The molecule has 0 aromatic carbocycles. The van der Waals surface area contributed by atoms with Crippen LogP contribution in [-0.2, 0) is 42.9 Å². The highest BCUT2D eigenvalue weighted by Crippen LogP contribution is 2.26. The second-order valence-corrected chi connectivity index (χ2v) is 21.7. The number of allylic oxidation sites excluding steroid dienone is 16. The largest absolute Gasteiger partial charge is 0.479 e. The van der Waals surface area contributed by atoms with Crippen molar-refractivity contribution in [3.63, 3.8) is 0 Å². The summed E-state index contributed by atoms with van der Waals surface area (Å²) in [5.41, 5.74) is 0. The number of hydrogen-bond donors (Lipinski definition) is 3. The van der Waals surface area contributed by atoms with Crippen molar-refractivity contribution in [3.8, 4) is 0 Å². The smallest absolute Gasteiger partial charge is 0.335 e. The summed E-state index contributed by atoms with van der Waals surface area (Å²) in [6.07, 6.45) is 62.2. The van der Waals surface area contributed by atoms with E-state index in [2.05, 4.69) is 118 Å². The lowest BCUT2D eigenvalue weighted by atomic mass is 9.98. The van der Waals surface area contributed by atoms with Gasteiger partial charge in [0.2, 0.25) is 0 Å². The van der Waals surface area contributed by atoms with E-state index in [1.165, 1.54) is 57.8 Å². The second kappa shape index (κ2) is 56.1. The molecule has 1 aliphatic rings. The van der Waals surface area contributed by atoms with Gasteiger partial charge in [0.05, 0.1) is 6.61 Å². The molecular formula is C69H114O12. The first-order valence-electron chi connectivity index (χ1n) is 32.2. The number of carbonyl (C=O) groups is 4. The highest BCUT2D eigenvalue weighted by Gasteiger charge is 2.50. The van der Waals surface area contributed by atoms with Crippen LogP contribution in [0.4, 0.5) is 0 Å². The first-order chi connectivity index (χ1) is 39.6. The van der Waals surface area contributed by atoms with Crippen molar-refractivity contribution in [1.82, 2.24) is 0 Å². The standard InChI is InChI=1S/C69H114O12/c1-4-7-10-13-16-19-22-25-27-29-31-33-35-38-40-43-46-49-52-55-61(70)77-58-60(79-62(71)56-53-50-47-44-41-37-24-21-18-15-12-9-6-3)59-78-69-67(65(74)64(73)66(81-69)68(75)76)80-63(72)57-54-51-48-45-42-39-36-34-32-30-28-26-23-20-17-14-11-8-5-2/h8,11-12,15-17,19-21,24-28,32,34,60,64-67,69,73-74H,4-7,9-10,13-14,18,22-23,29-31,33,35-59H2,1-3H3,(H,75,76)/b11-8-,15-12-,19-16-,20-17-,24-21-,27-25-,28-26-,34-32-. The van der Waals surface area contributed by atoms with Crippen LogP contribution in [0.25, 0.3) is 0 Å². The summed E-state index contributed by atoms with van der Waals surface area (Å²) in [5.74, 6) is -3.16. The van der Waals surface area contributed by atoms with Gasteiger partial charge in [0.1, 0.15) is 18.8 Å². The summed E-state index contributed by atoms with van der Waals surface area (Å²) in [4.78, 5) is 51.3. The summed E-state index contributed by atoms with van der Waals surface area (Å²) in [5, 5.41) is 31.6. The van der Waals surface area contributed by atoms with E-state index in [0.29, 0.717) is 19.3 Å². The van der Waals surface area contributed by atoms with Crippen LogP contribution in [0.3, 0.4) is 0 Å². The molecule has 0 aromatic heterocycles. The van der Waals surface area contributed by atoms with Gasteiger partial charge in [0.25, 0.3) is 0 Å². The number of carboxylic acids is 1. The molecule has 1 fully saturated rings. The monoisotopic (exact) mass is 1130 g/mol. The number of aliphatic carboxylic acids is 1. The molecular weight excluding hydrogens is 1020 g/mol. The number of esters is 3. The van der Waals surface area contributed by atoms with E-state index in [-0.39, 0.29) is 25.9 Å². The van der Waals surface area contributed by atoms with Crippen LogP contribution in [-0.4, -0.2) is 89.2 Å². The van der Waals surface area contributed by atoms with Gasteiger partial charge in [-0.15, -0.1) is 0 Å². The molecule has 0 bridgehead atoms. The third-order valence-electron chi connectivity index (χ3n) is 14.1. The van der Waals surface area contributed by atoms with Crippen LogP contribution in [0.15, 0.2) is 97.2 Å². The predicted octanol–water partition coefficient (Wildman–Crippen LogP) is 17.2. The normalized spacial score (nSPS) is 18.4. The van der Waals surface area contributed by atoms with Gasteiger partial charge < -0.3 is 39.0 Å². The van der Waals surface area contributed by atoms with Gasteiger partial charge in [-0.05, 0) is 116 Å². The molecule has 1 rings (SSSR count). The number of unbranched alkanes of at least 4 members (excludes halogenated alkanes) is 24. The van der Waals surface area contributed by atoms with E-state index in [9.17, 15) is 34.5 Å². The van der Waals surface area contributed by atoms with Crippen molar-refractivity contribution >= 4 is 23.9 Å². The average Bonchev–Trinajstić information content (AvgIpc) is 3.54. The first-order valence-corrected chi connectivity index (χ1v) is 32.2. The predicted molar refractivity (Wildman–Crippen MR) is 331 cm³/mol. The van der Waals surface area contributed by atoms with Crippen LogP contribution >= 0.6 is 0 Å². The quantitative estimate of drug-likeness (QED) is 0.0228. The number of carboxylic acid groups (broad SMARTS) is 1. The number of ether oxygens (including phenoxy) is 5. The minimum Gasteiger partial charge on any atom is -0.479 e. The molecule has 6 atom stereocenters. The lowest BCUT2D eigenvalue weighted by Crippen LogP contribution is -2.61. The summed E-state index contributed by atoms with van der Waals surface area (Å²) >= 11 is 0. The molecule has 462 valence electrons. The molecule has 0 spiro atoms. The molecule has 1 heterocycles. The lowest BCUT2D eigenvalue weighted by molar-refractivity contribution is -0.301.